The van der Waals surface area contributed by atoms with Gasteiger partial charge < -0.3 is 5.11 Å². The highest BCUT2D eigenvalue weighted by atomic mass is 35.5. The molecule has 0 unspecified atom stereocenters. The summed E-state index contributed by atoms with van der Waals surface area (Å²) in [4.78, 5) is 12.2. The van der Waals surface area contributed by atoms with Crippen LogP contribution in [0, 0.1) is 17.8 Å². The first-order valence-corrected chi connectivity index (χ1v) is 7.14. The average molecular weight is 277 g/mol. The number of aliphatic hydroxyl groups is 1. The number of carbonyl (C=O) groups excluding carboxylic acids is 1. The number of Topliss-reactive ketones (excluding diaryl/α,β-unsaturated/α-hetero) is 1. The van der Waals surface area contributed by atoms with E-state index in [1.54, 1.807) is 6.07 Å². The van der Waals surface area contributed by atoms with Gasteiger partial charge in [0.2, 0.25) is 0 Å². The number of hydrogen-bond acceptors (Lipinski definition) is 2. The van der Waals surface area contributed by atoms with Crippen molar-refractivity contribution in [3.05, 3.63) is 46.7 Å². The monoisotopic (exact) mass is 276 g/mol. The van der Waals surface area contributed by atoms with Gasteiger partial charge in [0.15, 0.2) is 5.78 Å². The van der Waals surface area contributed by atoms with Crippen LogP contribution in [0.1, 0.15) is 35.2 Å². The largest absolute Gasteiger partial charge is 0.513 e. The second kappa shape index (κ2) is 4.68. The summed E-state index contributed by atoms with van der Waals surface area (Å²) in [6.07, 6.45) is 4.31. The molecule has 0 bridgehead atoms. The van der Waals surface area contributed by atoms with Crippen molar-refractivity contribution in [3.8, 4) is 0 Å². The summed E-state index contributed by atoms with van der Waals surface area (Å²) in [6.45, 7) is 3.49. The lowest BCUT2D eigenvalue weighted by Crippen LogP contribution is -2.05. The van der Waals surface area contributed by atoms with E-state index in [0.29, 0.717) is 17.0 Å². The van der Waals surface area contributed by atoms with E-state index in [1.165, 1.54) is 12.8 Å². The van der Waals surface area contributed by atoms with E-state index in [9.17, 15) is 9.90 Å². The fourth-order valence-electron chi connectivity index (χ4n) is 2.57. The standard InChI is InChI=1S/C16H17ClO2/c1-9(18)13-8-14(13)16(19)12-5-4-11(15(17)7-12)6-10-2-3-10/h4-5,7,10,13-14,18H,1-3,6,8H2/t13-,14+/m1/s1. The van der Waals surface area contributed by atoms with Crippen molar-refractivity contribution < 1.29 is 9.90 Å². The molecule has 0 heterocycles. The molecular weight excluding hydrogens is 260 g/mol. The number of rotatable bonds is 5. The third-order valence-corrected chi connectivity index (χ3v) is 4.45. The van der Waals surface area contributed by atoms with Gasteiger partial charge in [0.05, 0.1) is 5.76 Å². The van der Waals surface area contributed by atoms with Crippen LogP contribution in [0.25, 0.3) is 0 Å². The van der Waals surface area contributed by atoms with Crippen LogP contribution in [0.15, 0.2) is 30.5 Å². The minimum absolute atomic E-state index is 0.0579. The Hall–Kier alpha value is -1.28. The molecule has 100 valence electrons. The Bertz CT molecular complexity index is 546. The number of hydrogen-bond donors (Lipinski definition) is 1. The molecule has 0 saturated heterocycles. The summed E-state index contributed by atoms with van der Waals surface area (Å²) < 4.78 is 0. The van der Waals surface area contributed by atoms with Crippen molar-refractivity contribution in [1.82, 2.24) is 0 Å². The van der Waals surface area contributed by atoms with Crippen molar-refractivity contribution in [3.63, 3.8) is 0 Å². The molecule has 2 nitrogen and oxygen atoms in total. The molecule has 1 aromatic rings. The van der Waals surface area contributed by atoms with Gasteiger partial charge in [-0.1, -0.05) is 30.3 Å². The van der Waals surface area contributed by atoms with Crippen LogP contribution >= 0.6 is 11.6 Å². The van der Waals surface area contributed by atoms with Gasteiger partial charge in [-0.25, -0.2) is 0 Å². The van der Waals surface area contributed by atoms with Gasteiger partial charge in [0.25, 0.3) is 0 Å². The lowest BCUT2D eigenvalue weighted by molar-refractivity contribution is 0.0960. The summed E-state index contributed by atoms with van der Waals surface area (Å²) in [5.41, 5.74) is 1.79. The Balaban J connectivity index is 1.73. The zero-order chi connectivity index (χ0) is 13.6. The van der Waals surface area contributed by atoms with Gasteiger partial charge >= 0.3 is 0 Å². The van der Waals surface area contributed by atoms with Crippen molar-refractivity contribution in [2.24, 2.45) is 17.8 Å². The molecule has 0 spiro atoms. The first kappa shape index (κ1) is 12.7. The summed E-state index contributed by atoms with van der Waals surface area (Å²) in [5.74, 6) is 0.805. The van der Waals surface area contributed by atoms with Crippen molar-refractivity contribution in [2.45, 2.75) is 25.7 Å². The van der Waals surface area contributed by atoms with Gasteiger partial charge in [0.1, 0.15) is 0 Å². The van der Waals surface area contributed by atoms with E-state index in [2.05, 4.69) is 6.58 Å². The Morgan fingerprint density at radius 1 is 1.37 bits per heavy atom. The maximum atomic E-state index is 12.2. The molecule has 3 rings (SSSR count). The van der Waals surface area contributed by atoms with Crippen LogP contribution in [0.3, 0.4) is 0 Å². The highest BCUT2D eigenvalue weighted by molar-refractivity contribution is 6.31. The van der Waals surface area contributed by atoms with Crippen molar-refractivity contribution >= 4 is 17.4 Å². The number of allylic oxidation sites excluding steroid dienone is 1. The molecule has 19 heavy (non-hydrogen) atoms. The molecule has 1 N–H and O–H groups in total. The van der Waals surface area contributed by atoms with Gasteiger partial charge in [-0.15, -0.1) is 0 Å². The second-order valence-corrected chi connectivity index (χ2v) is 6.17. The molecule has 2 aliphatic rings. The topological polar surface area (TPSA) is 37.3 Å². The van der Waals surface area contributed by atoms with Gasteiger partial charge in [-0.2, -0.15) is 0 Å². The van der Waals surface area contributed by atoms with Crippen LogP contribution in [0.4, 0.5) is 0 Å². The minimum atomic E-state index is -0.108. The van der Waals surface area contributed by atoms with Crippen LogP contribution in [-0.4, -0.2) is 10.9 Å². The first-order chi connectivity index (χ1) is 9.06. The molecular formula is C16H17ClO2. The SMILES string of the molecule is C=C(O)[C@H]1C[C@@H]1C(=O)c1ccc(CC2CC2)c(Cl)c1. The Morgan fingerprint density at radius 2 is 2.11 bits per heavy atom. The van der Waals surface area contributed by atoms with Gasteiger partial charge in [-0.3, -0.25) is 4.79 Å². The number of carbonyl (C=O) groups is 1. The molecule has 2 atom stereocenters. The van der Waals surface area contributed by atoms with E-state index in [4.69, 9.17) is 11.6 Å². The highest BCUT2D eigenvalue weighted by Crippen LogP contribution is 2.45. The Kier molecular flexibility index (Phi) is 3.14. The lowest BCUT2D eigenvalue weighted by atomic mass is 10.0. The highest BCUT2D eigenvalue weighted by Gasteiger charge is 2.45. The van der Waals surface area contributed by atoms with Crippen LogP contribution in [0.2, 0.25) is 5.02 Å². The average Bonchev–Trinajstić information content (AvgIpc) is 3.24. The fraction of sp³-hybridized carbons (Fsp3) is 0.438. The minimum Gasteiger partial charge on any atom is -0.513 e. The molecule has 1 aromatic carbocycles. The molecule has 3 heteroatoms. The van der Waals surface area contributed by atoms with Gasteiger partial charge in [-0.05, 0) is 43.2 Å². The third-order valence-electron chi connectivity index (χ3n) is 4.10. The predicted octanol–water partition coefficient (Wildman–Crippen LogP) is 4.18. The number of aliphatic hydroxyl groups excluding tert-OH is 1. The Labute approximate surface area is 118 Å². The molecule has 0 amide bonds. The molecule has 2 saturated carbocycles. The molecule has 0 aromatic heterocycles. The van der Waals surface area contributed by atoms with Crippen LogP contribution < -0.4 is 0 Å². The molecule has 2 fully saturated rings. The molecule has 2 aliphatic carbocycles. The summed E-state index contributed by atoms with van der Waals surface area (Å²) in [7, 11) is 0. The summed E-state index contributed by atoms with van der Waals surface area (Å²) >= 11 is 6.25. The van der Waals surface area contributed by atoms with E-state index in [0.717, 1.165) is 17.9 Å². The quantitative estimate of drug-likeness (QED) is 0.647. The zero-order valence-corrected chi connectivity index (χ0v) is 11.5. The fourth-order valence-corrected chi connectivity index (χ4v) is 2.82. The number of benzene rings is 1. The normalized spacial score (nSPS) is 25.1. The van der Waals surface area contributed by atoms with Crippen LogP contribution in [0.5, 0.6) is 0 Å². The van der Waals surface area contributed by atoms with Crippen molar-refractivity contribution in [2.75, 3.05) is 0 Å². The Morgan fingerprint density at radius 3 is 2.63 bits per heavy atom. The van der Waals surface area contributed by atoms with E-state index >= 15 is 0 Å². The van der Waals surface area contributed by atoms with E-state index < -0.39 is 0 Å². The summed E-state index contributed by atoms with van der Waals surface area (Å²) in [5, 5.41) is 9.98. The van der Waals surface area contributed by atoms with E-state index in [1.807, 2.05) is 12.1 Å². The maximum Gasteiger partial charge on any atom is 0.166 e. The molecule has 0 radical (unpaired) electrons. The smallest absolute Gasteiger partial charge is 0.166 e. The first-order valence-electron chi connectivity index (χ1n) is 6.76. The van der Waals surface area contributed by atoms with E-state index in [-0.39, 0.29) is 23.4 Å². The summed E-state index contributed by atoms with van der Waals surface area (Å²) in [6, 6.07) is 5.61. The van der Waals surface area contributed by atoms with Crippen molar-refractivity contribution in [1.29, 1.82) is 0 Å². The zero-order valence-electron chi connectivity index (χ0n) is 10.7. The third kappa shape index (κ3) is 2.69. The second-order valence-electron chi connectivity index (χ2n) is 5.76. The van der Waals surface area contributed by atoms with Gasteiger partial charge in [0, 0.05) is 22.4 Å². The molecule has 0 aliphatic heterocycles. The number of ketones is 1. The maximum absolute atomic E-state index is 12.2. The van der Waals surface area contributed by atoms with Crippen LogP contribution in [-0.2, 0) is 6.42 Å². The lowest BCUT2D eigenvalue weighted by Gasteiger charge is -2.06. The number of halogens is 1. The predicted molar refractivity (Wildman–Crippen MR) is 75.6 cm³/mol.